The van der Waals surface area contributed by atoms with Crippen molar-refractivity contribution in [2.75, 3.05) is 51.3 Å². The molecule has 2 N–H and O–H groups in total. The molecule has 2 fully saturated rings. The number of carbonyl (C=O) groups excluding carboxylic acids is 1. The van der Waals surface area contributed by atoms with E-state index < -0.39 is 12.0 Å². The van der Waals surface area contributed by atoms with E-state index in [4.69, 9.17) is 0 Å². The summed E-state index contributed by atoms with van der Waals surface area (Å²) in [5.74, 6) is 1.22. The third-order valence-electron chi connectivity index (χ3n) is 9.60. The molecule has 1 aromatic rings. The van der Waals surface area contributed by atoms with Gasteiger partial charge in [-0.3, -0.25) is 9.69 Å². The molecule has 0 aromatic heterocycles. The number of nitrogens with one attached hydrogen (secondary N) is 1. The number of aliphatic carboxylic acids is 1. The Labute approximate surface area is 252 Å². The highest BCUT2D eigenvalue weighted by atomic mass is 32.2. The summed E-state index contributed by atoms with van der Waals surface area (Å²) in [6.45, 7) is 8.25. The van der Waals surface area contributed by atoms with Crippen LogP contribution in [0.15, 0.2) is 29.8 Å². The number of thioether (sulfide) groups is 1. The van der Waals surface area contributed by atoms with Crippen LogP contribution in [0.4, 0.5) is 0 Å². The molecular weight excluding hydrogens is 530 g/mol. The fourth-order valence-corrected chi connectivity index (χ4v) is 7.64. The maximum Gasteiger partial charge on any atom is 0.326 e. The molecule has 0 bridgehead atoms. The predicted molar refractivity (Wildman–Crippen MR) is 171 cm³/mol. The summed E-state index contributed by atoms with van der Waals surface area (Å²) < 4.78 is 0. The normalized spacial score (nSPS) is 20.4. The van der Waals surface area contributed by atoms with Gasteiger partial charge in [0.05, 0.1) is 0 Å². The van der Waals surface area contributed by atoms with Gasteiger partial charge < -0.3 is 15.3 Å². The van der Waals surface area contributed by atoms with Gasteiger partial charge in [0.15, 0.2) is 0 Å². The number of nitrogens with zero attached hydrogens (tertiary/aromatic N) is 2. The second-order valence-electron chi connectivity index (χ2n) is 12.7. The van der Waals surface area contributed by atoms with Crippen LogP contribution in [0.3, 0.4) is 0 Å². The number of carbonyl (C=O) groups is 2. The third-order valence-corrected chi connectivity index (χ3v) is 10.2. The summed E-state index contributed by atoms with van der Waals surface area (Å²) in [7, 11) is 0. The van der Waals surface area contributed by atoms with Crippen molar-refractivity contribution in [3.63, 3.8) is 0 Å². The highest BCUT2D eigenvalue weighted by Gasteiger charge is 2.29. The van der Waals surface area contributed by atoms with E-state index in [-0.39, 0.29) is 5.91 Å². The fraction of sp³-hybridized carbons (Fsp3) is 0.706. The zero-order valence-corrected chi connectivity index (χ0v) is 26.4. The smallest absolute Gasteiger partial charge is 0.326 e. The molecule has 0 radical (unpaired) electrons. The number of benzene rings is 1. The highest BCUT2D eigenvalue weighted by molar-refractivity contribution is 7.98. The predicted octanol–water partition coefficient (Wildman–Crippen LogP) is 6.24. The molecule has 0 spiro atoms. The van der Waals surface area contributed by atoms with E-state index in [1.165, 1.54) is 77.3 Å². The van der Waals surface area contributed by atoms with E-state index in [0.717, 1.165) is 60.3 Å². The molecule has 1 aromatic carbocycles. The average molecular weight is 584 g/mol. The second-order valence-corrected chi connectivity index (χ2v) is 13.7. The summed E-state index contributed by atoms with van der Waals surface area (Å²) in [5.41, 5.74) is 4.09. The summed E-state index contributed by atoms with van der Waals surface area (Å²) >= 11 is 1.60. The van der Waals surface area contributed by atoms with E-state index in [9.17, 15) is 14.7 Å². The Balaban J connectivity index is 1.46. The van der Waals surface area contributed by atoms with Crippen molar-refractivity contribution in [2.24, 2.45) is 11.8 Å². The molecule has 0 saturated heterocycles. The average Bonchev–Trinajstić information content (AvgIpc) is 2.99. The summed E-state index contributed by atoms with van der Waals surface area (Å²) in [6, 6.07) is 7.44. The third kappa shape index (κ3) is 9.86. The van der Waals surface area contributed by atoms with Crippen molar-refractivity contribution in [3.05, 3.63) is 41.0 Å². The van der Waals surface area contributed by atoms with Gasteiger partial charge in [-0.05, 0) is 86.0 Å². The topological polar surface area (TPSA) is 72.9 Å². The van der Waals surface area contributed by atoms with Gasteiger partial charge in [-0.15, -0.1) is 0 Å². The maximum absolute atomic E-state index is 13.5. The van der Waals surface area contributed by atoms with Gasteiger partial charge >= 0.3 is 5.97 Å². The van der Waals surface area contributed by atoms with Gasteiger partial charge in [0, 0.05) is 44.8 Å². The lowest BCUT2D eigenvalue weighted by Crippen LogP contribution is -2.45. The Bertz CT molecular complexity index is 996. The molecule has 228 valence electrons. The molecule has 1 unspecified atom stereocenters. The van der Waals surface area contributed by atoms with Gasteiger partial charge in [0.25, 0.3) is 0 Å². The molecule has 2 saturated carbocycles. The van der Waals surface area contributed by atoms with Gasteiger partial charge in [0.1, 0.15) is 6.04 Å². The van der Waals surface area contributed by atoms with Crippen LogP contribution in [0.25, 0.3) is 5.57 Å². The van der Waals surface area contributed by atoms with E-state index >= 15 is 0 Å². The number of hydrogen-bond donors (Lipinski definition) is 2. The Hall–Kier alpha value is -1.83. The molecule has 1 amide bonds. The number of carboxylic acids is 1. The Morgan fingerprint density at radius 2 is 1.66 bits per heavy atom. The van der Waals surface area contributed by atoms with E-state index in [2.05, 4.69) is 34.2 Å². The standard InChI is InChI=1S/C34H53N3O3S/c1-26-11-9-10-16-29(26)31-25-36(19-17-30(31)33(38)35-32(34(39)40)18-22-41-2)20-21-37(23-27-12-5-3-6-13-27)24-28-14-7-4-8-15-28/h9-11,16,27-28,32H,3-8,12-15,17-25H2,1-2H3,(H,35,38)(H,39,40). The highest BCUT2D eigenvalue weighted by Crippen LogP contribution is 2.31. The van der Waals surface area contributed by atoms with Crippen LogP contribution in [-0.2, 0) is 9.59 Å². The Morgan fingerprint density at radius 1 is 1.02 bits per heavy atom. The van der Waals surface area contributed by atoms with Gasteiger partial charge in [-0.25, -0.2) is 4.79 Å². The molecule has 2 aliphatic carbocycles. The van der Waals surface area contributed by atoms with Crippen molar-refractivity contribution < 1.29 is 14.7 Å². The molecule has 4 rings (SSSR count). The molecule has 6 nitrogen and oxygen atoms in total. The van der Waals surface area contributed by atoms with Crippen molar-refractivity contribution in [1.82, 2.24) is 15.1 Å². The minimum Gasteiger partial charge on any atom is -0.480 e. The maximum atomic E-state index is 13.5. The van der Waals surface area contributed by atoms with E-state index in [0.29, 0.717) is 18.6 Å². The first-order valence-electron chi connectivity index (χ1n) is 16.2. The van der Waals surface area contributed by atoms with Crippen LogP contribution in [0.2, 0.25) is 0 Å². The van der Waals surface area contributed by atoms with Crippen molar-refractivity contribution in [2.45, 2.75) is 90.0 Å². The van der Waals surface area contributed by atoms with E-state index in [1.54, 1.807) is 11.8 Å². The second kappa shape index (κ2) is 16.7. The lowest BCUT2D eigenvalue weighted by Gasteiger charge is -2.36. The summed E-state index contributed by atoms with van der Waals surface area (Å²) in [5, 5.41) is 12.6. The van der Waals surface area contributed by atoms with Gasteiger partial charge in [0.2, 0.25) is 5.91 Å². The first kappa shape index (κ1) is 32.1. The molecule has 3 aliphatic rings. The van der Waals surface area contributed by atoms with E-state index in [1.807, 2.05) is 18.4 Å². The molecule has 1 atom stereocenters. The van der Waals surface area contributed by atoms with Crippen molar-refractivity contribution >= 4 is 29.2 Å². The SMILES string of the molecule is CSCCC(NC(=O)C1=C(c2ccccc2C)CN(CCN(CC2CCCCC2)CC2CCCCC2)CC1)C(=O)O. The van der Waals surface area contributed by atoms with Gasteiger partial charge in [-0.2, -0.15) is 11.8 Å². The number of rotatable bonds is 14. The van der Waals surface area contributed by atoms with Crippen LogP contribution >= 0.6 is 11.8 Å². The van der Waals surface area contributed by atoms with Gasteiger partial charge in [-0.1, -0.05) is 62.8 Å². The largest absolute Gasteiger partial charge is 0.480 e. The van der Waals surface area contributed by atoms with Crippen molar-refractivity contribution in [1.29, 1.82) is 0 Å². The monoisotopic (exact) mass is 583 g/mol. The van der Waals surface area contributed by atoms with Crippen LogP contribution in [0, 0.1) is 18.8 Å². The number of amides is 1. The Kier molecular flexibility index (Phi) is 13.1. The number of carboxylic acid groups (broad SMARTS) is 1. The zero-order valence-electron chi connectivity index (χ0n) is 25.5. The van der Waals surface area contributed by atoms with Crippen LogP contribution in [-0.4, -0.2) is 84.1 Å². The molecular formula is C34H53N3O3S. The lowest BCUT2D eigenvalue weighted by atomic mass is 9.87. The van der Waals surface area contributed by atoms with Crippen LogP contribution in [0.1, 0.15) is 88.2 Å². The summed E-state index contributed by atoms with van der Waals surface area (Å²) in [6.07, 6.45) is 17.0. The first-order valence-corrected chi connectivity index (χ1v) is 17.6. The molecule has 1 heterocycles. The molecule has 7 heteroatoms. The molecule has 1 aliphatic heterocycles. The quantitative estimate of drug-likeness (QED) is 0.270. The van der Waals surface area contributed by atoms with Crippen LogP contribution < -0.4 is 5.32 Å². The molecule has 41 heavy (non-hydrogen) atoms. The lowest BCUT2D eigenvalue weighted by molar-refractivity contribution is -0.141. The van der Waals surface area contributed by atoms with Crippen LogP contribution in [0.5, 0.6) is 0 Å². The summed E-state index contributed by atoms with van der Waals surface area (Å²) in [4.78, 5) is 30.7. The number of hydrogen-bond acceptors (Lipinski definition) is 5. The number of aryl methyl sites for hydroxylation is 1. The first-order chi connectivity index (χ1) is 19.9. The minimum atomic E-state index is -0.959. The van der Waals surface area contributed by atoms with Crippen molar-refractivity contribution in [3.8, 4) is 0 Å². The minimum absolute atomic E-state index is 0.215. The zero-order chi connectivity index (χ0) is 29.0. The Morgan fingerprint density at radius 3 is 2.24 bits per heavy atom. The fourth-order valence-electron chi connectivity index (χ4n) is 7.17.